The smallest absolute Gasteiger partial charge is 0.340 e. The van der Waals surface area contributed by atoms with E-state index < -0.39 is 5.79 Å². The van der Waals surface area contributed by atoms with Gasteiger partial charge in [-0.15, -0.1) is 0 Å². The summed E-state index contributed by atoms with van der Waals surface area (Å²) in [6.45, 7) is 7.43. The minimum atomic E-state index is -1.00. The van der Waals surface area contributed by atoms with Gasteiger partial charge in [-0.05, 0) is 25.5 Å². The first-order chi connectivity index (χ1) is 11.2. The molecule has 1 atom stereocenters. The summed E-state index contributed by atoms with van der Waals surface area (Å²) in [6.07, 6.45) is 5.01. The molecule has 23 heavy (non-hydrogen) atoms. The molecule has 0 fully saturated rings. The predicted octanol–water partition coefficient (Wildman–Crippen LogP) is 4.58. The van der Waals surface area contributed by atoms with E-state index >= 15 is 0 Å². The average Bonchev–Trinajstić information content (AvgIpc) is 2.60. The predicted molar refractivity (Wildman–Crippen MR) is 91.5 cm³/mol. The van der Waals surface area contributed by atoms with E-state index in [1.807, 2.05) is 32.0 Å². The Labute approximate surface area is 140 Å². The molecule has 1 aromatic carbocycles. The van der Waals surface area contributed by atoms with Crippen LogP contribution in [0.4, 0.5) is 0 Å². The van der Waals surface area contributed by atoms with Crippen molar-refractivity contribution in [1.82, 2.24) is 0 Å². The Hall–Kier alpha value is -1.39. The zero-order valence-corrected chi connectivity index (χ0v) is 14.7. The SMILES string of the molecule is CCCCCCOC(CC)(COCC)OC(=O)c1ccccc1. The third kappa shape index (κ3) is 7.14. The summed E-state index contributed by atoms with van der Waals surface area (Å²) in [5.74, 6) is -1.38. The first-order valence-electron chi connectivity index (χ1n) is 8.67. The van der Waals surface area contributed by atoms with Gasteiger partial charge in [-0.2, -0.15) is 0 Å². The van der Waals surface area contributed by atoms with Crippen LogP contribution in [0, 0.1) is 0 Å². The Kier molecular flexibility index (Phi) is 9.57. The van der Waals surface area contributed by atoms with E-state index in [9.17, 15) is 4.79 Å². The molecule has 130 valence electrons. The van der Waals surface area contributed by atoms with Crippen LogP contribution in [-0.2, 0) is 14.2 Å². The van der Waals surface area contributed by atoms with E-state index in [-0.39, 0.29) is 12.6 Å². The van der Waals surface area contributed by atoms with Crippen LogP contribution >= 0.6 is 0 Å². The number of esters is 1. The van der Waals surface area contributed by atoms with Crippen molar-refractivity contribution in [1.29, 1.82) is 0 Å². The fraction of sp³-hybridized carbons (Fsp3) is 0.632. The quantitative estimate of drug-likeness (QED) is 0.321. The third-order valence-corrected chi connectivity index (χ3v) is 3.72. The van der Waals surface area contributed by atoms with Crippen molar-refractivity contribution in [3.8, 4) is 0 Å². The van der Waals surface area contributed by atoms with E-state index in [4.69, 9.17) is 14.2 Å². The highest BCUT2D eigenvalue weighted by molar-refractivity contribution is 5.89. The zero-order valence-electron chi connectivity index (χ0n) is 14.7. The van der Waals surface area contributed by atoms with Gasteiger partial charge >= 0.3 is 5.97 Å². The second-order valence-corrected chi connectivity index (χ2v) is 5.57. The Balaban J connectivity index is 2.67. The summed E-state index contributed by atoms with van der Waals surface area (Å²) < 4.78 is 17.2. The second kappa shape index (κ2) is 11.2. The summed E-state index contributed by atoms with van der Waals surface area (Å²) in [4.78, 5) is 12.4. The van der Waals surface area contributed by atoms with Gasteiger partial charge in [0.1, 0.15) is 6.61 Å². The zero-order chi connectivity index (χ0) is 17.0. The second-order valence-electron chi connectivity index (χ2n) is 5.57. The maximum absolute atomic E-state index is 12.4. The van der Waals surface area contributed by atoms with Gasteiger partial charge in [-0.3, -0.25) is 0 Å². The number of rotatable bonds is 12. The molecule has 0 radical (unpaired) electrons. The molecule has 0 bridgehead atoms. The van der Waals surface area contributed by atoms with Crippen molar-refractivity contribution >= 4 is 5.97 Å². The van der Waals surface area contributed by atoms with Crippen molar-refractivity contribution in [3.63, 3.8) is 0 Å². The molecule has 0 aliphatic rings. The van der Waals surface area contributed by atoms with Crippen LogP contribution in [0.25, 0.3) is 0 Å². The molecule has 0 aliphatic carbocycles. The summed E-state index contributed by atoms with van der Waals surface area (Å²) in [5.41, 5.74) is 0.524. The maximum atomic E-state index is 12.4. The summed E-state index contributed by atoms with van der Waals surface area (Å²) in [7, 11) is 0. The van der Waals surface area contributed by atoms with Gasteiger partial charge in [0, 0.05) is 13.0 Å². The van der Waals surface area contributed by atoms with Crippen molar-refractivity contribution < 1.29 is 19.0 Å². The summed E-state index contributed by atoms with van der Waals surface area (Å²) >= 11 is 0. The van der Waals surface area contributed by atoms with Crippen LogP contribution in [0.2, 0.25) is 0 Å². The molecule has 0 heterocycles. The molecule has 1 unspecified atom stereocenters. The normalized spacial score (nSPS) is 13.5. The maximum Gasteiger partial charge on any atom is 0.340 e. The van der Waals surface area contributed by atoms with Crippen molar-refractivity contribution in [2.24, 2.45) is 0 Å². The van der Waals surface area contributed by atoms with Gasteiger partial charge in [-0.1, -0.05) is 51.3 Å². The number of ether oxygens (including phenoxy) is 3. The van der Waals surface area contributed by atoms with E-state index in [2.05, 4.69) is 6.92 Å². The summed E-state index contributed by atoms with van der Waals surface area (Å²) in [6, 6.07) is 8.99. The van der Waals surface area contributed by atoms with Crippen LogP contribution in [-0.4, -0.2) is 31.6 Å². The Morgan fingerprint density at radius 2 is 1.78 bits per heavy atom. The highest BCUT2D eigenvalue weighted by Crippen LogP contribution is 2.22. The molecule has 0 saturated carbocycles. The van der Waals surface area contributed by atoms with Gasteiger partial charge in [0.2, 0.25) is 5.79 Å². The minimum absolute atomic E-state index is 0.256. The topological polar surface area (TPSA) is 44.8 Å². The number of carbonyl (C=O) groups excluding carboxylic acids is 1. The van der Waals surface area contributed by atoms with Crippen molar-refractivity contribution in [2.45, 2.75) is 58.7 Å². The number of hydrogen-bond acceptors (Lipinski definition) is 4. The standard InChI is InChI=1S/C19H30O4/c1-4-7-8-12-15-22-19(5-2,16-21-6-3)23-18(20)17-13-10-9-11-14-17/h9-11,13-14H,4-8,12,15-16H2,1-3H3. The van der Waals surface area contributed by atoms with Crippen molar-refractivity contribution in [2.75, 3.05) is 19.8 Å². The van der Waals surface area contributed by atoms with Crippen molar-refractivity contribution in [3.05, 3.63) is 35.9 Å². The fourth-order valence-electron chi connectivity index (χ4n) is 2.22. The largest absolute Gasteiger partial charge is 0.427 e. The number of unbranched alkanes of at least 4 members (excludes halogenated alkanes) is 3. The van der Waals surface area contributed by atoms with Gasteiger partial charge in [0.05, 0.1) is 12.2 Å². The molecular formula is C19H30O4. The monoisotopic (exact) mass is 322 g/mol. The molecule has 1 aromatic rings. The number of carbonyl (C=O) groups is 1. The molecule has 1 rings (SSSR count). The molecule has 0 aromatic heterocycles. The number of benzene rings is 1. The Bertz CT molecular complexity index is 432. The van der Waals surface area contributed by atoms with E-state index in [0.717, 1.165) is 12.8 Å². The first-order valence-corrected chi connectivity index (χ1v) is 8.67. The molecule has 4 heteroatoms. The molecular weight excluding hydrogens is 292 g/mol. The van der Waals surface area contributed by atoms with Crippen LogP contribution in [0.15, 0.2) is 30.3 Å². The third-order valence-electron chi connectivity index (χ3n) is 3.72. The fourth-order valence-corrected chi connectivity index (χ4v) is 2.22. The van der Waals surface area contributed by atoms with Gasteiger partial charge < -0.3 is 14.2 Å². The lowest BCUT2D eigenvalue weighted by Crippen LogP contribution is -2.42. The highest BCUT2D eigenvalue weighted by atomic mass is 16.7. The average molecular weight is 322 g/mol. The molecule has 0 aliphatic heterocycles. The molecule has 0 saturated heterocycles. The summed E-state index contributed by atoms with van der Waals surface area (Å²) in [5, 5.41) is 0. The lowest BCUT2D eigenvalue weighted by molar-refractivity contribution is -0.233. The Morgan fingerprint density at radius 3 is 2.39 bits per heavy atom. The first kappa shape index (κ1) is 19.7. The van der Waals surface area contributed by atoms with E-state index in [1.54, 1.807) is 12.1 Å². The van der Waals surface area contributed by atoms with Gasteiger partial charge in [-0.25, -0.2) is 4.79 Å². The van der Waals surface area contributed by atoms with Crippen LogP contribution in [0.3, 0.4) is 0 Å². The Morgan fingerprint density at radius 1 is 1.04 bits per heavy atom. The van der Waals surface area contributed by atoms with Gasteiger partial charge in [0.25, 0.3) is 0 Å². The van der Waals surface area contributed by atoms with Crippen LogP contribution in [0.5, 0.6) is 0 Å². The molecule has 0 spiro atoms. The molecule has 0 amide bonds. The van der Waals surface area contributed by atoms with Gasteiger partial charge in [0.15, 0.2) is 0 Å². The van der Waals surface area contributed by atoms with E-state index in [1.165, 1.54) is 12.8 Å². The minimum Gasteiger partial charge on any atom is -0.427 e. The highest BCUT2D eigenvalue weighted by Gasteiger charge is 2.34. The lowest BCUT2D eigenvalue weighted by atomic mass is 10.2. The number of hydrogen-bond donors (Lipinski definition) is 0. The van der Waals surface area contributed by atoms with E-state index in [0.29, 0.717) is 25.2 Å². The molecule has 0 N–H and O–H groups in total. The van der Waals surface area contributed by atoms with Crippen LogP contribution in [0.1, 0.15) is 63.2 Å². The molecule has 4 nitrogen and oxygen atoms in total. The lowest BCUT2D eigenvalue weighted by Gasteiger charge is -2.32. The van der Waals surface area contributed by atoms with Crippen LogP contribution < -0.4 is 0 Å².